The minimum Gasteiger partial charge on any atom is -0.285 e. The molecule has 0 amide bonds. The summed E-state index contributed by atoms with van der Waals surface area (Å²) in [5, 5.41) is -0.561. The van der Waals surface area contributed by atoms with Crippen LogP contribution in [0.25, 0.3) is 0 Å². The molecule has 0 aromatic heterocycles. The summed E-state index contributed by atoms with van der Waals surface area (Å²) in [4.78, 5) is 0. The highest BCUT2D eigenvalue weighted by Gasteiger charge is 2.24. The van der Waals surface area contributed by atoms with Crippen molar-refractivity contribution in [2.45, 2.75) is 110 Å². The third-order valence-corrected chi connectivity index (χ3v) is 6.62. The van der Waals surface area contributed by atoms with Gasteiger partial charge >= 0.3 is 0 Å². The molecule has 140 valence electrons. The van der Waals surface area contributed by atoms with Crippen molar-refractivity contribution in [2.75, 3.05) is 0 Å². The minimum atomic E-state index is -3.91. The van der Waals surface area contributed by atoms with E-state index in [1.165, 1.54) is 38.5 Å². The Bertz CT molecular complexity index is 345. The van der Waals surface area contributed by atoms with E-state index in [0.29, 0.717) is 24.7 Å². The summed E-state index contributed by atoms with van der Waals surface area (Å²) < 4.78 is 33.0. The first kappa shape index (κ1) is 22.9. The highest BCUT2D eigenvalue weighted by Crippen LogP contribution is 2.26. The van der Waals surface area contributed by atoms with Crippen molar-refractivity contribution in [3.63, 3.8) is 0 Å². The van der Waals surface area contributed by atoms with E-state index in [1.54, 1.807) is 0 Å². The van der Waals surface area contributed by atoms with Gasteiger partial charge in [-0.05, 0) is 37.5 Å². The van der Waals surface area contributed by atoms with Crippen LogP contribution in [0.1, 0.15) is 105 Å². The number of hydrogen-bond donors (Lipinski definition) is 1. The van der Waals surface area contributed by atoms with Gasteiger partial charge < -0.3 is 0 Å². The van der Waals surface area contributed by atoms with Crippen LogP contribution < -0.4 is 0 Å². The van der Waals surface area contributed by atoms with Crippen molar-refractivity contribution in [1.29, 1.82) is 0 Å². The molecule has 0 saturated heterocycles. The predicted octanol–water partition coefficient (Wildman–Crippen LogP) is 6.24. The molecule has 0 rings (SSSR count). The third kappa shape index (κ3) is 11.1. The molecule has 4 heteroatoms. The lowest BCUT2D eigenvalue weighted by Gasteiger charge is -2.21. The van der Waals surface area contributed by atoms with Crippen LogP contribution in [-0.4, -0.2) is 18.2 Å². The van der Waals surface area contributed by atoms with E-state index < -0.39 is 15.4 Å². The molecule has 0 aliphatic carbocycles. The Morgan fingerprint density at radius 3 is 1.35 bits per heavy atom. The summed E-state index contributed by atoms with van der Waals surface area (Å²) in [6.07, 6.45) is 12.4. The molecule has 0 spiro atoms. The van der Waals surface area contributed by atoms with Crippen LogP contribution in [0, 0.1) is 11.8 Å². The highest BCUT2D eigenvalue weighted by molar-refractivity contribution is 7.86. The highest BCUT2D eigenvalue weighted by atomic mass is 32.2. The van der Waals surface area contributed by atoms with Crippen molar-refractivity contribution >= 4 is 10.1 Å². The van der Waals surface area contributed by atoms with Crippen molar-refractivity contribution in [2.24, 2.45) is 11.8 Å². The zero-order valence-corrected chi connectivity index (χ0v) is 16.7. The van der Waals surface area contributed by atoms with Crippen LogP contribution in [-0.2, 0) is 10.1 Å². The second-order valence-electron chi connectivity index (χ2n) is 7.12. The Labute approximate surface area is 145 Å². The summed E-state index contributed by atoms with van der Waals surface area (Å²) in [6.45, 7) is 8.74. The number of unbranched alkanes of at least 4 members (excludes halogenated alkanes) is 2. The standard InChI is InChI=1S/C19H40O3S/c1-5-9-11-17(7-3)13-15-19(23(20,21)22)16-14-18(8-4)12-10-6-2/h17-19H,5-16H2,1-4H3,(H,20,21,22)/t17-,18+,19?. The Kier molecular flexibility index (Phi) is 13.2. The largest absolute Gasteiger partial charge is 0.285 e. The maximum absolute atomic E-state index is 11.7. The summed E-state index contributed by atoms with van der Waals surface area (Å²) in [5.41, 5.74) is 0. The molecule has 0 bridgehead atoms. The van der Waals surface area contributed by atoms with Crippen molar-refractivity contribution in [3.05, 3.63) is 0 Å². The zero-order chi connectivity index (χ0) is 17.7. The third-order valence-electron chi connectivity index (χ3n) is 5.30. The van der Waals surface area contributed by atoms with Crippen LogP contribution >= 0.6 is 0 Å². The molecule has 0 aliphatic heterocycles. The van der Waals surface area contributed by atoms with Gasteiger partial charge in [-0.2, -0.15) is 8.42 Å². The van der Waals surface area contributed by atoms with E-state index in [0.717, 1.165) is 25.7 Å². The molecule has 3 atom stereocenters. The molecule has 23 heavy (non-hydrogen) atoms. The van der Waals surface area contributed by atoms with E-state index >= 15 is 0 Å². The van der Waals surface area contributed by atoms with E-state index in [9.17, 15) is 13.0 Å². The lowest BCUT2D eigenvalue weighted by atomic mass is 9.90. The molecule has 0 aromatic carbocycles. The summed E-state index contributed by atoms with van der Waals surface area (Å²) in [6, 6.07) is 0. The van der Waals surface area contributed by atoms with Gasteiger partial charge in [-0.25, -0.2) is 0 Å². The second-order valence-corrected chi connectivity index (χ2v) is 8.82. The summed E-state index contributed by atoms with van der Waals surface area (Å²) in [5.74, 6) is 1.20. The zero-order valence-electron chi connectivity index (χ0n) is 15.9. The molecule has 0 saturated carbocycles. The normalized spacial score (nSPS) is 16.2. The van der Waals surface area contributed by atoms with Gasteiger partial charge in [0.15, 0.2) is 0 Å². The first-order valence-corrected chi connectivity index (χ1v) is 11.3. The SMILES string of the molecule is CCCC[C@@H](CC)CCC(CC[C@@H](CC)CCCC)S(=O)(=O)O. The molecule has 0 fully saturated rings. The molecular weight excluding hydrogens is 308 g/mol. The molecule has 1 unspecified atom stereocenters. The lowest BCUT2D eigenvalue weighted by molar-refractivity contribution is 0.364. The predicted molar refractivity (Wildman–Crippen MR) is 100 cm³/mol. The second kappa shape index (κ2) is 13.2. The Balaban J connectivity index is 4.47. The Morgan fingerprint density at radius 1 is 0.696 bits per heavy atom. The molecule has 0 aromatic rings. The molecule has 1 N–H and O–H groups in total. The fourth-order valence-corrected chi connectivity index (χ4v) is 4.24. The lowest BCUT2D eigenvalue weighted by Crippen LogP contribution is -2.22. The average Bonchev–Trinajstić information content (AvgIpc) is 2.51. The van der Waals surface area contributed by atoms with Crippen LogP contribution in [0.5, 0.6) is 0 Å². The fourth-order valence-electron chi connectivity index (χ4n) is 3.38. The van der Waals surface area contributed by atoms with E-state index in [-0.39, 0.29) is 0 Å². The number of hydrogen-bond acceptors (Lipinski definition) is 2. The summed E-state index contributed by atoms with van der Waals surface area (Å²) in [7, 11) is -3.91. The monoisotopic (exact) mass is 348 g/mol. The molecule has 0 heterocycles. The molecular formula is C19H40O3S. The Hall–Kier alpha value is -0.0900. The minimum absolute atomic E-state index is 0.561. The van der Waals surface area contributed by atoms with Gasteiger partial charge in [0, 0.05) is 0 Å². The fraction of sp³-hybridized carbons (Fsp3) is 1.00. The smallest absolute Gasteiger partial charge is 0.267 e. The van der Waals surface area contributed by atoms with Crippen LogP contribution in [0.15, 0.2) is 0 Å². The average molecular weight is 349 g/mol. The van der Waals surface area contributed by atoms with E-state index in [2.05, 4.69) is 27.7 Å². The van der Waals surface area contributed by atoms with Crippen molar-refractivity contribution in [3.8, 4) is 0 Å². The van der Waals surface area contributed by atoms with Gasteiger partial charge in [-0.1, -0.05) is 79.1 Å². The molecule has 0 aliphatic rings. The van der Waals surface area contributed by atoms with Crippen molar-refractivity contribution < 1.29 is 13.0 Å². The van der Waals surface area contributed by atoms with E-state index in [4.69, 9.17) is 0 Å². The topological polar surface area (TPSA) is 54.4 Å². The first-order valence-electron chi connectivity index (χ1n) is 9.85. The molecule has 3 nitrogen and oxygen atoms in total. The van der Waals surface area contributed by atoms with Gasteiger partial charge in [-0.3, -0.25) is 4.55 Å². The van der Waals surface area contributed by atoms with Gasteiger partial charge in [0.05, 0.1) is 5.25 Å². The van der Waals surface area contributed by atoms with Gasteiger partial charge in [0.1, 0.15) is 0 Å². The van der Waals surface area contributed by atoms with Crippen LogP contribution in [0.2, 0.25) is 0 Å². The van der Waals surface area contributed by atoms with E-state index in [1.807, 2.05) is 0 Å². The molecule has 0 radical (unpaired) electrons. The van der Waals surface area contributed by atoms with Gasteiger partial charge in [0.2, 0.25) is 0 Å². The number of rotatable bonds is 15. The first-order chi connectivity index (χ1) is 10.9. The maximum Gasteiger partial charge on any atom is 0.267 e. The van der Waals surface area contributed by atoms with Crippen LogP contribution in [0.3, 0.4) is 0 Å². The van der Waals surface area contributed by atoms with Crippen LogP contribution in [0.4, 0.5) is 0 Å². The Morgan fingerprint density at radius 2 is 1.09 bits per heavy atom. The summed E-state index contributed by atoms with van der Waals surface area (Å²) >= 11 is 0. The van der Waals surface area contributed by atoms with Crippen molar-refractivity contribution in [1.82, 2.24) is 0 Å². The quantitative estimate of drug-likeness (QED) is 0.357. The van der Waals surface area contributed by atoms with Gasteiger partial charge in [0.25, 0.3) is 10.1 Å². The van der Waals surface area contributed by atoms with Gasteiger partial charge in [-0.15, -0.1) is 0 Å². The maximum atomic E-state index is 11.7.